The minimum absolute atomic E-state index is 0.0586. The molecular formula is C27H26F3N5O2S. The van der Waals surface area contributed by atoms with Crippen LogP contribution in [0.5, 0.6) is 0 Å². The number of carbonyl (C=O) groups is 1. The highest BCUT2D eigenvalue weighted by Crippen LogP contribution is 2.30. The summed E-state index contributed by atoms with van der Waals surface area (Å²) in [5.74, 6) is 0. The number of aryl methyl sites for hydroxylation is 2. The van der Waals surface area contributed by atoms with Gasteiger partial charge in [0.1, 0.15) is 11.0 Å². The predicted octanol–water partition coefficient (Wildman–Crippen LogP) is 5.60. The van der Waals surface area contributed by atoms with Crippen LogP contribution in [0.2, 0.25) is 0 Å². The van der Waals surface area contributed by atoms with E-state index in [0.717, 1.165) is 40.3 Å². The van der Waals surface area contributed by atoms with E-state index in [0.29, 0.717) is 24.3 Å². The second-order valence-corrected chi connectivity index (χ2v) is 9.72. The molecule has 7 nitrogen and oxygen atoms in total. The van der Waals surface area contributed by atoms with E-state index in [9.17, 15) is 22.2 Å². The van der Waals surface area contributed by atoms with Crippen LogP contribution in [0.3, 0.4) is 0 Å². The van der Waals surface area contributed by atoms with Gasteiger partial charge in [-0.25, -0.2) is 18.8 Å². The molecule has 1 aromatic heterocycles. The van der Waals surface area contributed by atoms with Crippen molar-refractivity contribution in [2.24, 2.45) is 5.14 Å². The summed E-state index contributed by atoms with van der Waals surface area (Å²) in [6.07, 6.45) is -3.37. The van der Waals surface area contributed by atoms with Crippen molar-refractivity contribution < 1.29 is 22.2 Å². The molecule has 2 amide bonds. The van der Waals surface area contributed by atoms with Gasteiger partial charge >= 0.3 is 12.2 Å². The van der Waals surface area contributed by atoms with Crippen LogP contribution in [0.25, 0.3) is 16.9 Å². The van der Waals surface area contributed by atoms with E-state index >= 15 is 0 Å². The summed E-state index contributed by atoms with van der Waals surface area (Å²) >= 11 is 0. The lowest BCUT2D eigenvalue weighted by atomic mass is 10.1. The van der Waals surface area contributed by atoms with Crippen molar-refractivity contribution in [2.45, 2.75) is 30.8 Å². The molecule has 0 aliphatic heterocycles. The van der Waals surface area contributed by atoms with Crippen molar-refractivity contribution in [3.63, 3.8) is 0 Å². The Kier molecular flexibility index (Phi) is 8.28. The molecule has 38 heavy (non-hydrogen) atoms. The van der Waals surface area contributed by atoms with Crippen LogP contribution in [0, 0.1) is 6.92 Å². The Hall–Kier alpha value is -3.96. The molecular weight excluding hydrogens is 515 g/mol. The number of carbonyl (C=O) groups excluding carboxylic acids is 1. The molecule has 4 N–H and O–H groups in total. The van der Waals surface area contributed by atoms with E-state index in [1.807, 2.05) is 37.3 Å². The fraction of sp³-hybridized carbons (Fsp3) is 0.185. The van der Waals surface area contributed by atoms with E-state index in [2.05, 4.69) is 10.6 Å². The maximum absolute atomic E-state index is 12.9. The van der Waals surface area contributed by atoms with Gasteiger partial charge in [0.15, 0.2) is 0 Å². The third-order valence-electron chi connectivity index (χ3n) is 5.76. The Balaban J connectivity index is 1.42. The molecule has 0 spiro atoms. The van der Waals surface area contributed by atoms with Crippen LogP contribution in [0.1, 0.15) is 23.2 Å². The molecule has 1 atom stereocenters. The molecule has 0 bridgehead atoms. The van der Waals surface area contributed by atoms with Crippen LogP contribution < -0.4 is 15.8 Å². The first kappa shape index (κ1) is 27.1. The third-order valence-corrected chi connectivity index (χ3v) is 6.50. The van der Waals surface area contributed by atoms with Gasteiger partial charge in [0, 0.05) is 17.8 Å². The standard InChI is InChI=1S/C27H26F3N5O2S/c1-18-7-9-19(10-8-18)25-17-22(34-35(25)23-11-13-24(14-12-23)38(31)37)6-3-15-32-26(36)33-21-5-2-4-20(16-21)27(28,29)30/h2,4-5,7-14,16-17H,3,6,15,31H2,1H3,(H2,32,33,36). The summed E-state index contributed by atoms with van der Waals surface area (Å²) in [6, 6.07) is 20.9. The first-order chi connectivity index (χ1) is 18.1. The molecule has 3 aromatic carbocycles. The van der Waals surface area contributed by atoms with Crippen molar-refractivity contribution in [3.8, 4) is 16.9 Å². The summed E-state index contributed by atoms with van der Waals surface area (Å²) in [5, 5.41) is 15.3. The largest absolute Gasteiger partial charge is 0.416 e. The molecule has 1 unspecified atom stereocenters. The Bertz CT molecular complexity index is 1430. The van der Waals surface area contributed by atoms with Gasteiger partial charge in [-0.3, -0.25) is 0 Å². The summed E-state index contributed by atoms with van der Waals surface area (Å²) in [5.41, 5.74) is 3.77. The van der Waals surface area contributed by atoms with Crippen LogP contribution in [-0.2, 0) is 23.6 Å². The van der Waals surface area contributed by atoms with Gasteiger partial charge in [-0.1, -0.05) is 35.9 Å². The first-order valence-electron chi connectivity index (χ1n) is 11.7. The molecule has 1 heterocycles. The minimum Gasteiger partial charge on any atom is -0.338 e. The molecule has 0 saturated carbocycles. The third kappa shape index (κ3) is 6.87. The van der Waals surface area contributed by atoms with Crippen LogP contribution in [0.4, 0.5) is 23.7 Å². The van der Waals surface area contributed by atoms with E-state index in [1.54, 1.807) is 28.9 Å². The van der Waals surface area contributed by atoms with Crippen molar-refractivity contribution >= 4 is 22.7 Å². The molecule has 0 saturated heterocycles. The second kappa shape index (κ2) is 11.6. The number of rotatable bonds is 8. The lowest BCUT2D eigenvalue weighted by molar-refractivity contribution is -0.137. The average molecular weight is 542 g/mol. The van der Waals surface area contributed by atoms with Gasteiger partial charge in [-0.15, -0.1) is 0 Å². The quantitative estimate of drug-likeness (QED) is 0.253. The monoisotopic (exact) mass is 541 g/mol. The highest BCUT2D eigenvalue weighted by Gasteiger charge is 2.30. The zero-order valence-corrected chi connectivity index (χ0v) is 21.3. The molecule has 0 aliphatic rings. The number of alkyl halides is 3. The second-order valence-electron chi connectivity index (χ2n) is 8.65. The SMILES string of the molecule is Cc1ccc(-c2cc(CCCNC(=O)Nc3cccc(C(F)(F)F)c3)nn2-c2ccc(S(N)=O)cc2)cc1. The number of urea groups is 1. The Morgan fingerprint density at radius 1 is 1.03 bits per heavy atom. The summed E-state index contributed by atoms with van der Waals surface area (Å²) in [6.45, 7) is 2.31. The van der Waals surface area contributed by atoms with Crippen molar-refractivity contribution in [1.29, 1.82) is 0 Å². The lowest BCUT2D eigenvalue weighted by Gasteiger charge is -2.10. The van der Waals surface area contributed by atoms with Gasteiger partial charge in [0.05, 0.1) is 27.5 Å². The number of aromatic nitrogens is 2. The van der Waals surface area contributed by atoms with Crippen LogP contribution >= 0.6 is 0 Å². The molecule has 0 fully saturated rings. The summed E-state index contributed by atoms with van der Waals surface area (Å²) < 4.78 is 52.0. The fourth-order valence-electron chi connectivity index (χ4n) is 3.82. The van der Waals surface area contributed by atoms with E-state index in [-0.39, 0.29) is 5.69 Å². The predicted molar refractivity (Wildman–Crippen MR) is 141 cm³/mol. The first-order valence-corrected chi connectivity index (χ1v) is 13.0. The van der Waals surface area contributed by atoms with Gasteiger partial charge in [0.25, 0.3) is 0 Å². The number of hydrogen-bond donors (Lipinski definition) is 3. The number of nitrogens with one attached hydrogen (secondary N) is 2. The number of amides is 2. The molecule has 198 valence electrons. The average Bonchev–Trinajstić information content (AvgIpc) is 3.31. The number of halogens is 3. The molecule has 0 aliphatic carbocycles. The number of hydrogen-bond acceptors (Lipinski definition) is 3. The Labute approximate surface area is 220 Å². The zero-order valence-electron chi connectivity index (χ0n) is 20.5. The van der Waals surface area contributed by atoms with Gasteiger partial charge in [0.2, 0.25) is 0 Å². The van der Waals surface area contributed by atoms with Gasteiger partial charge < -0.3 is 10.6 Å². The zero-order chi connectivity index (χ0) is 27.3. The summed E-state index contributed by atoms with van der Waals surface area (Å²) in [4.78, 5) is 12.7. The molecule has 11 heteroatoms. The highest BCUT2D eigenvalue weighted by atomic mass is 32.2. The topological polar surface area (TPSA) is 102 Å². The van der Waals surface area contributed by atoms with E-state index in [4.69, 9.17) is 10.2 Å². The van der Waals surface area contributed by atoms with Gasteiger partial charge in [-0.05, 0) is 68.3 Å². The Morgan fingerprint density at radius 2 is 1.74 bits per heavy atom. The van der Waals surface area contributed by atoms with Crippen molar-refractivity contribution in [2.75, 3.05) is 11.9 Å². The maximum Gasteiger partial charge on any atom is 0.416 e. The molecule has 4 aromatic rings. The van der Waals surface area contributed by atoms with E-state index < -0.39 is 28.8 Å². The van der Waals surface area contributed by atoms with Crippen LogP contribution in [-0.4, -0.2) is 26.6 Å². The fourth-order valence-corrected chi connectivity index (χ4v) is 4.22. The number of anilines is 1. The van der Waals surface area contributed by atoms with Crippen molar-refractivity contribution in [1.82, 2.24) is 15.1 Å². The molecule has 4 rings (SSSR count). The minimum atomic E-state index is -4.49. The smallest absolute Gasteiger partial charge is 0.338 e. The maximum atomic E-state index is 12.9. The van der Waals surface area contributed by atoms with Gasteiger partial charge in [-0.2, -0.15) is 18.3 Å². The number of nitrogens with zero attached hydrogens (tertiary/aromatic N) is 2. The number of benzene rings is 3. The van der Waals surface area contributed by atoms with Crippen molar-refractivity contribution in [3.05, 3.63) is 95.7 Å². The molecule has 0 radical (unpaired) electrons. The Morgan fingerprint density at radius 3 is 2.39 bits per heavy atom. The lowest BCUT2D eigenvalue weighted by Crippen LogP contribution is -2.29. The number of nitrogens with two attached hydrogens (primary N) is 1. The van der Waals surface area contributed by atoms with E-state index in [1.165, 1.54) is 12.1 Å². The highest BCUT2D eigenvalue weighted by molar-refractivity contribution is 7.82. The normalized spacial score (nSPS) is 12.2. The summed E-state index contributed by atoms with van der Waals surface area (Å²) in [7, 11) is -1.58. The van der Waals surface area contributed by atoms with Crippen LogP contribution in [0.15, 0.2) is 83.8 Å².